The Morgan fingerprint density at radius 1 is 0.913 bits per heavy atom. The molecule has 1 heterocycles. The molecule has 122 valence electrons. The molecule has 2 unspecified atom stereocenters. The van der Waals surface area contributed by atoms with E-state index in [1.807, 2.05) is 0 Å². The molecule has 1 N–H and O–H groups in total. The number of nitrogens with zero attached hydrogens (tertiary/aromatic N) is 3. The lowest BCUT2D eigenvalue weighted by molar-refractivity contribution is -0.742. The Morgan fingerprint density at radius 3 is 1.52 bits per heavy atom. The monoisotopic (exact) mass is 315 g/mol. The van der Waals surface area contributed by atoms with Gasteiger partial charge in [-0.3, -0.25) is 0 Å². The molecule has 1 aliphatic rings. The zero-order valence-corrected chi connectivity index (χ0v) is 13.2. The van der Waals surface area contributed by atoms with Crippen LogP contribution in [0, 0.1) is 10.1 Å². The Bertz CT molecular complexity index is 568. The standard InChI is InChI=1S/C17H20N2.HNO3/c1-18-16(14-9-5-3-6-10-14)13-17(19(18)2)15-11-7-4-8-12-15;2-1(3)4/h3-12,16-17H,13H2,1-2H3;(H,2,3,4). The van der Waals surface area contributed by atoms with Gasteiger partial charge in [0, 0.05) is 14.1 Å². The summed E-state index contributed by atoms with van der Waals surface area (Å²) in [4.78, 5) is 8.36. The van der Waals surface area contributed by atoms with Crippen LogP contribution in [0.25, 0.3) is 0 Å². The van der Waals surface area contributed by atoms with E-state index in [0.717, 1.165) is 6.42 Å². The van der Waals surface area contributed by atoms with Crippen molar-refractivity contribution in [1.29, 1.82) is 0 Å². The van der Waals surface area contributed by atoms with Gasteiger partial charge >= 0.3 is 0 Å². The predicted octanol–water partition coefficient (Wildman–Crippen LogP) is 3.30. The largest absolute Gasteiger partial charge is 0.328 e. The quantitative estimate of drug-likeness (QED) is 0.680. The minimum Gasteiger partial charge on any atom is -0.328 e. The van der Waals surface area contributed by atoms with Crippen LogP contribution < -0.4 is 0 Å². The van der Waals surface area contributed by atoms with E-state index in [9.17, 15) is 0 Å². The zero-order valence-electron chi connectivity index (χ0n) is 13.2. The van der Waals surface area contributed by atoms with Crippen LogP contribution in [0.1, 0.15) is 29.6 Å². The second-order valence-electron chi connectivity index (χ2n) is 5.47. The van der Waals surface area contributed by atoms with Crippen molar-refractivity contribution in [2.75, 3.05) is 14.1 Å². The van der Waals surface area contributed by atoms with Crippen molar-refractivity contribution in [2.45, 2.75) is 18.5 Å². The fourth-order valence-electron chi connectivity index (χ4n) is 3.01. The van der Waals surface area contributed by atoms with E-state index in [1.165, 1.54) is 11.1 Å². The highest BCUT2D eigenvalue weighted by atomic mass is 16.9. The lowest BCUT2D eigenvalue weighted by Crippen LogP contribution is -2.32. The maximum absolute atomic E-state index is 8.36. The fourth-order valence-corrected chi connectivity index (χ4v) is 3.01. The van der Waals surface area contributed by atoms with E-state index in [-0.39, 0.29) is 0 Å². The fraction of sp³-hybridized carbons (Fsp3) is 0.294. The van der Waals surface area contributed by atoms with Crippen molar-refractivity contribution < 1.29 is 10.3 Å². The maximum Gasteiger partial charge on any atom is 0.291 e. The lowest BCUT2D eigenvalue weighted by atomic mass is 9.97. The minimum atomic E-state index is -1.50. The summed E-state index contributed by atoms with van der Waals surface area (Å²) < 4.78 is 0. The summed E-state index contributed by atoms with van der Waals surface area (Å²) in [6.07, 6.45) is 1.14. The van der Waals surface area contributed by atoms with Gasteiger partial charge in [-0.15, -0.1) is 10.1 Å². The Labute approximate surface area is 135 Å². The molecule has 2 aromatic carbocycles. The molecule has 0 saturated carbocycles. The summed E-state index contributed by atoms with van der Waals surface area (Å²) >= 11 is 0. The van der Waals surface area contributed by atoms with Crippen LogP contribution in [0.3, 0.4) is 0 Å². The van der Waals surface area contributed by atoms with Gasteiger partial charge in [0.25, 0.3) is 5.09 Å². The molecular weight excluding hydrogens is 294 g/mol. The summed E-state index contributed by atoms with van der Waals surface area (Å²) in [7, 11) is 4.36. The molecule has 1 aliphatic heterocycles. The van der Waals surface area contributed by atoms with E-state index in [2.05, 4.69) is 84.8 Å². The minimum absolute atomic E-state index is 0.469. The Morgan fingerprint density at radius 2 is 1.22 bits per heavy atom. The number of hydrogen-bond acceptors (Lipinski definition) is 4. The Balaban J connectivity index is 0.000000433. The highest BCUT2D eigenvalue weighted by Crippen LogP contribution is 2.41. The van der Waals surface area contributed by atoms with E-state index in [4.69, 9.17) is 15.3 Å². The Hall–Kier alpha value is -2.44. The van der Waals surface area contributed by atoms with Gasteiger partial charge in [-0.1, -0.05) is 60.7 Å². The summed E-state index contributed by atoms with van der Waals surface area (Å²) in [5, 5.41) is 18.3. The van der Waals surface area contributed by atoms with Crippen molar-refractivity contribution in [1.82, 2.24) is 10.0 Å². The van der Waals surface area contributed by atoms with Gasteiger partial charge in [0.15, 0.2) is 0 Å². The van der Waals surface area contributed by atoms with Gasteiger partial charge in [-0.05, 0) is 17.5 Å². The van der Waals surface area contributed by atoms with Crippen molar-refractivity contribution in [3.63, 3.8) is 0 Å². The van der Waals surface area contributed by atoms with Crippen LogP contribution in [-0.2, 0) is 0 Å². The average Bonchev–Trinajstić information content (AvgIpc) is 2.85. The molecule has 6 heteroatoms. The normalized spacial score (nSPS) is 21.5. The second kappa shape index (κ2) is 7.71. The van der Waals surface area contributed by atoms with Gasteiger partial charge in [0.05, 0.1) is 12.1 Å². The molecule has 2 aromatic rings. The average molecular weight is 315 g/mol. The molecule has 0 aromatic heterocycles. The highest BCUT2D eigenvalue weighted by Gasteiger charge is 2.35. The van der Waals surface area contributed by atoms with Gasteiger partial charge in [0.1, 0.15) is 0 Å². The highest BCUT2D eigenvalue weighted by molar-refractivity contribution is 5.24. The number of rotatable bonds is 2. The van der Waals surface area contributed by atoms with Crippen molar-refractivity contribution in [3.05, 3.63) is 81.9 Å². The van der Waals surface area contributed by atoms with Crippen LogP contribution in [0.15, 0.2) is 60.7 Å². The summed E-state index contributed by atoms with van der Waals surface area (Å²) in [6.45, 7) is 0. The molecule has 0 radical (unpaired) electrons. The van der Waals surface area contributed by atoms with Crippen LogP contribution in [-0.4, -0.2) is 34.4 Å². The van der Waals surface area contributed by atoms with Crippen LogP contribution in [0.4, 0.5) is 0 Å². The molecule has 0 spiro atoms. The van der Waals surface area contributed by atoms with E-state index >= 15 is 0 Å². The third-order valence-corrected chi connectivity index (χ3v) is 4.21. The third-order valence-electron chi connectivity index (χ3n) is 4.21. The number of hydrogen-bond donors (Lipinski definition) is 1. The Kier molecular flexibility index (Phi) is 5.67. The van der Waals surface area contributed by atoms with E-state index < -0.39 is 5.09 Å². The molecule has 23 heavy (non-hydrogen) atoms. The molecular formula is C17H21N3O3. The lowest BCUT2D eigenvalue weighted by Gasteiger charge is -2.28. The third kappa shape index (κ3) is 4.28. The molecule has 6 nitrogen and oxygen atoms in total. The van der Waals surface area contributed by atoms with Gasteiger partial charge in [-0.25, -0.2) is 10.0 Å². The molecule has 3 rings (SSSR count). The van der Waals surface area contributed by atoms with Crippen LogP contribution >= 0.6 is 0 Å². The molecule has 1 saturated heterocycles. The number of hydrazine groups is 1. The van der Waals surface area contributed by atoms with Gasteiger partial charge in [-0.2, -0.15) is 0 Å². The molecule has 0 amide bonds. The molecule has 1 fully saturated rings. The van der Waals surface area contributed by atoms with Crippen molar-refractivity contribution in [3.8, 4) is 0 Å². The zero-order chi connectivity index (χ0) is 16.8. The molecule has 2 atom stereocenters. The van der Waals surface area contributed by atoms with Crippen molar-refractivity contribution in [2.24, 2.45) is 0 Å². The van der Waals surface area contributed by atoms with Gasteiger partial charge in [0.2, 0.25) is 0 Å². The van der Waals surface area contributed by atoms with Crippen LogP contribution in [0.2, 0.25) is 0 Å². The van der Waals surface area contributed by atoms with Gasteiger partial charge < -0.3 is 5.21 Å². The maximum atomic E-state index is 8.36. The predicted molar refractivity (Wildman–Crippen MR) is 87.3 cm³/mol. The van der Waals surface area contributed by atoms with Crippen molar-refractivity contribution >= 4 is 0 Å². The summed E-state index contributed by atoms with van der Waals surface area (Å²) in [5.41, 5.74) is 2.80. The smallest absolute Gasteiger partial charge is 0.291 e. The molecule has 0 bridgehead atoms. The summed E-state index contributed by atoms with van der Waals surface area (Å²) in [6, 6.07) is 22.5. The van der Waals surface area contributed by atoms with E-state index in [1.54, 1.807) is 0 Å². The summed E-state index contributed by atoms with van der Waals surface area (Å²) in [5.74, 6) is 0. The first-order valence-corrected chi connectivity index (χ1v) is 7.39. The molecule has 0 aliphatic carbocycles. The first-order valence-electron chi connectivity index (χ1n) is 7.39. The first-order chi connectivity index (χ1) is 11.0. The second-order valence-corrected chi connectivity index (χ2v) is 5.47. The topological polar surface area (TPSA) is 69.9 Å². The van der Waals surface area contributed by atoms with Crippen LogP contribution in [0.5, 0.6) is 0 Å². The van der Waals surface area contributed by atoms with E-state index in [0.29, 0.717) is 12.1 Å². The SMILES string of the molecule is CN1C(c2ccccc2)CC(c2ccccc2)N1C.O=[N+]([O-])O. The number of benzene rings is 2. The first kappa shape index (κ1) is 16.9.